The van der Waals surface area contributed by atoms with Gasteiger partial charge in [-0.3, -0.25) is 0 Å². The van der Waals surface area contributed by atoms with Crippen LogP contribution in [0.15, 0.2) is 16.8 Å². The Labute approximate surface area is 127 Å². The fraction of sp³-hybridized carbons (Fsp3) is 0.500. The normalized spacial score (nSPS) is 13.7. The fourth-order valence-corrected chi connectivity index (χ4v) is 4.17. The van der Waals surface area contributed by atoms with Gasteiger partial charge in [-0.25, -0.2) is 4.98 Å². The van der Waals surface area contributed by atoms with Crippen LogP contribution in [-0.2, 0) is 11.8 Å². The lowest BCUT2D eigenvalue weighted by molar-refractivity contribution is 0.562. The van der Waals surface area contributed by atoms with Crippen molar-refractivity contribution in [2.24, 2.45) is 0 Å². The summed E-state index contributed by atoms with van der Waals surface area (Å²) in [6, 6.07) is 2.19. The van der Waals surface area contributed by atoms with Gasteiger partial charge in [-0.1, -0.05) is 32.4 Å². The number of thiophene rings is 1. The van der Waals surface area contributed by atoms with Gasteiger partial charge in [-0.15, -0.1) is 22.7 Å². The molecule has 0 saturated heterocycles. The minimum atomic E-state index is 0.116. The van der Waals surface area contributed by atoms with Crippen LogP contribution < -0.4 is 5.32 Å². The Morgan fingerprint density at radius 1 is 1.37 bits per heavy atom. The van der Waals surface area contributed by atoms with Gasteiger partial charge in [0.25, 0.3) is 0 Å². The van der Waals surface area contributed by atoms with Crippen LogP contribution in [0.2, 0.25) is 5.02 Å². The second kappa shape index (κ2) is 5.92. The second-order valence-electron chi connectivity index (χ2n) is 5.55. The number of nitrogens with one attached hydrogen (secondary N) is 1. The van der Waals surface area contributed by atoms with Crippen LogP contribution >= 0.6 is 34.3 Å². The van der Waals surface area contributed by atoms with E-state index in [0.717, 1.165) is 16.5 Å². The molecule has 1 atom stereocenters. The molecular weight excluding hydrogens is 296 g/mol. The van der Waals surface area contributed by atoms with Crippen molar-refractivity contribution < 1.29 is 0 Å². The SMILES string of the molecule is CNC(Cc1nc(C(C)(C)C)cs1)c1sccc1Cl. The smallest absolute Gasteiger partial charge is 0.0947 e. The summed E-state index contributed by atoms with van der Waals surface area (Å²) in [6.45, 7) is 6.58. The van der Waals surface area contributed by atoms with Crippen LogP contribution in [-0.4, -0.2) is 12.0 Å². The molecule has 2 heterocycles. The maximum atomic E-state index is 6.21. The quantitative estimate of drug-likeness (QED) is 0.888. The predicted molar refractivity (Wildman–Crippen MR) is 85.6 cm³/mol. The van der Waals surface area contributed by atoms with Crippen molar-refractivity contribution in [3.63, 3.8) is 0 Å². The molecule has 0 aliphatic heterocycles. The second-order valence-corrected chi connectivity index (χ2v) is 7.85. The zero-order valence-corrected chi connectivity index (χ0v) is 14.0. The Kier molecular flexibility index (Phi) is 4.66. The molecule has 0 spiro atoms. The Balaban J connectivity index is 2.16. The van der Waals surface area contributed by atoms with Crippen molar-refractivity contribution in [1.82, 2.24) is 10.3 Å². The molecule has 1 N–H and O–H groups in total. The van der Waals surface area contributed by atoms with Crippen molar-refractivity contribution in [2.45, 2.75) is 38.6 Å². The zero-order chi connectivity index (χ0) is 14.0. The number of nitrogens with zero attached hydrogens (tertiary/aromatic N) is 1. The van der Waals surface area contributed by atoms with Gasteiger partial charge in [-0.2, -0.15) is 0 Å². The van der Waals surface area contributed by atoms with E-state index in [4.69, 9.17) is 16.6 Å². The molecule has 0 radical (unpaired) electrons. The lowest BCUT2D eigenvalue weighted by Crippen LogP contribution is -2.18. The van der Waals surface area contributed by atoms with Crippen molar-refractivity contribution in [3.8, 4) is 0 Å². The van der Waals surface area contributed by atoms with Crippen molar-refractivity contribution in [3.05, 3.63) is 37.4 Å². The van der Waals surface area contributed by atoms with Crippen LogP contribution in [0, 0.1) is 0 Å². The molecule has 2 aromatic rings. The molecule has 0 bridgehead atoms. The minimum Gasteiger partial charge on any atom is -0.312 e. The van der Waals surface area contributed by atoms with E-state index in [9.17, 15) is 0 Å². The maximum absolute atomic E-state index is 6.21. The number of aromatic nitrogens is 1. The molecule has 0 aliphatic carbocycles. The first-order valence-corrected chi connectivity index (χ1v) is 8.40. The molecular formula is C14H19ClN2S2. The van der Waals surface area contributed by atoms with Crippen LogP contribution in [0.4, 0.5) is 0 Å². The molecule has 1 unspecified atom stereocenters. The van der Waals surface area contributed by atoms with Gasteiger partial charge in [0.15, 0.2) is 0 Å². The Morgan fingerprint density at radius 3 is 2.58 bits per heavy atom. The number of rotatable bonds is 4. The topological polar surface area (TPSA) is 24.9 Å². The minimum absolute atomic E-state index is 0.116. The average molecular weight is 315 g/mol. The lowest BCUT2D eigenvalue weighted by atomic mass is 9.93. The first kappa shape index (κ1) is 15.0. The Hall–Kier alpha value is -0.420. The van der Waals surface area contributed by atoms with E-state index < -0.39 is 0 Å². The molecule has 0 aromatic carbocycles. The highest BCUT2D eigenvalue weighted by atomic mass is 35.5. The van der Waals surface area contributed by atoms with Gasteiger partial charge in [0.05, 0.1) is 15.7 Å². The fourth-order valence-electron chi connectivity index (χ4n) is 1.80. The van der Waals surface area contributed by atoms with E-state index in [1.807, 2.05) is 18.5 Å². The molecule has 0 amide bonds. The molecule has 2 rings (SSSR count). The summed E-state index contributed by atoms with van der Waals surface area (Å²) in [5.41, 5.74) is 1.28. The number of halogens is 1. The number of hydrogen-bond donors (Lipinski definition) is 1. The standard InChI is InChI=1S/C14H19ClN2S2/c1-14(2,3)11-8-19-12(17-11)7-10(16-4)13-9(15)5-6-18-13/h5-6,8,10,16H,7H2,1-4H3. The number of hydrogen-bond acceptors (Lipinski definition) is 4. The molecule has 0 aliphatic rings. The Morgan fingerprint density at radius 2 is 2.11 bits per heavy atom. The molecule has 0 saturated carbocycles. The third-order valence-electron chi connectivity index (χ3n) is 3.01. The predicted octanol–water partition coefficient (Wildman–Crippen LogP) is 4.66. The monoisotopic (exact) mass is 314 g/mol. The summed E-state index contributed by atoms with van der Waals surface area (Å²) in [6.07, 6.45) is 0.886. The molecule has 19 heavy (non-hydrogen) atoms. The first-order chi connectivity index (χ1) is 8.91. The van der Waals surface area contributed by atoms with Crippen LogP contribution in [0.1, 0.15) is 42.4 Å². The molecule has 0 fully saturated rings. The summed E-state index contributed by atoms with van der Waals surface area (Å²) in [5, 5.41) is 9.54. The van der Waals surface area contributed by atoms with Crippen LogP contribution in [0.5, 0.6) is 0 Å². The van der Waals surface area contributed by atoms with E-state index in [0.29, 0.717) is 0 Å². The highest BCUT2D eigenvalue weighted by molar-refractivity contribution is 7.11. The van der Waals surface area contributed by atoms with Crippen molar-refractivity contribution in [2.75, 3.05) is 7.05 Å². The maximum Gasteiger partial charge on any atom is 0.0947 e. The molecule has 2 aromatic heterocycles. The third-order valence-corrected chi connectivity index (χ3v) is 5.35. The first-order valence-electron chi connectivity index (χ1n) is 6.27. The molecule has 104 valence electrons. The van der Waals surface area contributed by atoms with Gasteiger partial charge < -0.3 is 5.32 Å². The van der Waals surface area contributed by atoms with Crippen LogP contribution in [0.25, 0.3) is 0 Å². The third kappa shape index (κ3) is 3.57. The zero-order valence-electron chi connectivity index (χ0n) is 11.7. The van der Waals surface area contributed by atoms with Crippen LogP contribution in [0.3, 0.4) is 0 Å². The summed E-state index contributed by atoms with van der Waals surface area (Å²) in [5.74, 6) is 0. The van der Waals surface area contributed by atoms with Gasteiger partial charge >= 0.3 is 0 Å². The largest absolute Gasteiger partial charge is 0.312 e. The molecule has 5 heteroatoms. The van der Waals surface area contributed by atoms with E-state index in [-0.39, 0.29) is 11.5 Å². The molecule has 2 nitrogen and oxygen atoms in total. The van der Waals surface area contributed by atoms with Crippen molar-refractivity contribution >= 4 is 34.3 Å². The van der Waals surface area contributed by atoms with Gasteiger partial charge in [0, 0.05) is 28.1 Å². The summed E-state index contributed by atoms with van der Waals surface area (Å²) >= 11 is 9.64. The van der Waals surface area contributed by atoms with Gasteiger partial charge in [-0.05, 0) is 18.5 Å². The highest BCUT2D eigenvalue weighted by Crippen LogP contribution is 2.32. The van der Waals surface area contributed by atoms with E-state index >= 15 is 0 Å². The van der Waals surface area contributed by atoms with E-state index in [1.54, 1.807) is 22.7 Å². The van der Waals surface area contributed by atoms with E-state index in [2.05, 4.69) is 31.5 Å². The summed E-state index contributed by atoms with van der Waals surface area (Å²) in [4.78, 5) is 5.94. The lowest BCUT2D eigenvalue weighted by Gasteiger charge is -2.15. The summed E-state index contributed by atoms with van der Waals surface area (Å²) in [7, 11) is 1.97. The van der Waals surface area contributed by atoms with E-state index in [1.165, 1.54) is 10.6 Å². The van der Waals surface area contributed by atoms with Crippen molar-refractivity contribution in [1.29, 1.82) is 0 Å². The van der Waals surface area contributed by atoms with Gasteiger partial charge in [0.1, 0.15) is 0 Å². The Bertz CT molecular complexity index is 540. The number of thiazole rings is 1. The number of likely N-dealkylation sites (N-methyl/N-ethyl adjacent to an activating group) is 1. The van der Waals surface area contributed by atoms with Gasteiger partial charge in [0.2, 0.25) is 0 Å². The highest BCUT2D eigenvalue weighted by Gasteiger charge is 2.20. The average Bonchev–Trinajstić information content (AvgIpc) is 2.94. The summed E-state index contributed by atoms with van der Waals surface area (Å²) < 4.78 is 0.